The molecule has 0 atom stereocenters. The average Bonchev–Trinajstić information content (AvgIpc) is 2.72. The number of hydrogen-bond donors (Lipinski definition) is 0. The Bertz CT molecular complexity index is 854. The third kappa shape index (κ3) is 4.74. The van der Waals surface area contributed by atoms with E-state index >= 15 is 0 Å². The maximum absolute atomic E-state index is 12.2. The summed E-state index contributed by atoms with van der Waals surface area (Å²) < 4.78 is 0. The van der Waals surface area contributed by atoms with E-state index in [4.69, 9.17) is 0 Å². The lowest BCUT2D eigenvalue weighted by atomic mass is 10.0. The van der Waals surface area contributed by atoms with Crippen molar-refractivity contribution in [3.8, 4) is 0 Å². The minimum atomic E-state index is -0.0901. The van der Waals surface area contributed by atoms with Gasteiger partial charge in [-0.25, -0.2) is 0 Å². The summed E-state index contributed by atoms with van der Waals surface area (Å²) in [6.45, 7) is 0. The van der Waals surface area contributed by atoms with Crippen LogP contribution in [0.15, 0.2) is 97.1 Å². The fraction of sp³-hybridized carbons (Fsp3) is 0. The van der Waals surface area contributed by atoms with Crippen molar-refractivity contribution in [2.45, 2.75) is 0 Å². The summed E-state index contributed by atoms with van der Waals surface area (Å²) in [6.07, 6.45) is 6.65. The molecule has 0 saturated heterocycles. The molecule has 126 valence electrons. The second-order valence-corrected chi connectivity index (χ2v) is 5.79. The molecule has 2 nitrogen and oxygen atoms in total. The molecule has 3 rings (SSSR count). The molecular formula is C24H18O2. The van der Waals surface area contributed by atoms with Crippen LogP contribution in [0, 0.1) is 0 Å². The molecule has 0 spiro atoms. The first-order chi connectivity index (χ1) is 12.7. The molecule has 0 N–H and O–H groups in total. The van der Waals surface area contributed by atoms with Crippen LogP contribution in [-0.4, -0.2) is 11.6 Å². The van der Waals surface area contributed by atoms with Crippen LogP contribution < -0.4 is 0 Å². The Kier molecular flexibility index (Phi) is 5.69. The third-order valence-electron chi connectivity index (χ3n) is 3.91. The van der Waals surface area contributed by atoms with Gasteiger partial charge in [-0.1, -0.05) is 97.1 Å². The second-order valence-electron chi connectivity index (χ2n) is 5.79. The summed E-state index contributed by atoms with van der Waals surface area (Å²) in [6, 6.07) is 26.0. The number of carbonyl (C=O) groups is 2. The molecule has 0 aliphatic heterocycles. The Morgan fingerprint density at radius 2 is 0.846 bits per heavy atom. The molecule has 2 heteroatoms. The fourth-order valence-corrected chi connectivity index (χ4v) is 2.46. The number of benzene rings is 3. The number of rotatable bonds is 6. The van der Waals surface area contributed by atoms with Gasteiger partial charge in [0.2, 0.25) is 0 Å². The molecule has 26 heavy (non-hydrogen) atoms. The SMILES string of the molecule is O=C(/C=C\c1ccccc1)c1ccc(C(=O)/C=C/c2ccccc2)cc1. The number of hydrogen-bond acceptors (Lipinski definition) is 2. The van der Waals surface area contributed by atoms with Crippen molar-refractivity contribution in [1.29, 1.82) is 0 Å². The van der Waals surface area contributed by atoms with Crippen LogP contribution in [-0.2, 0) is 0 Å². The van der Waals surface area contributed by atoms with E-state index in [0.717, 1.165) is 11.1 Å². The molecule has 3 aromatic rings. The predicted molar refractivity (Wildman–Crippen MR) is 106 cm³/mol. The minimum absolute atomic E-state index is 0.0901. The van der Waals surface area contributed by atoms with Gasteiger partial charge in [0.15, 0.2) is 11.6 Å². The van der Waals surface area contributed by atoms with Gasteiger partial charge in [-0.15, -0.1) is 0 Å². The van der Waals surface area contributed by atoms with Crippen LogP contribution >= 0.6 is 0 Å². The molecule has 0 radical (unpaired) electrons. The van der Waals surface area contributed by atoms with Crippen LogP contribution in [0.1, 0.15) is 31.8 Å². The minimum Gasteiger partial charge on any atom is -0.289 e. The maximum atomic E-state index is 12.2. The van der Waals surface area contributed by atoms with Crippen molar-refractivity contribution in [2.24, 2.45) is 0 Å². The standard InChI is InChI=1S/C24H18O2/c25-23(17-11-19-7-3-1-4-8-19)21-13-15-22(16-14-21)24(26)18-12-20-9-5-2-6-10-20/h1-18H/b17-11-,18-12+. The van der Waals surface area contributed by atoms with Crippen LogP contribution in [0.2, 0.25) is 0 Å². The molecular weight excluding hydrogens is 320 g/mol. The van der Waals surface area contributed by atoms with Gasteiger partial charge in [0.1, 0.15) is 0 Å². The Balaban J connectivity index is 1.66. The molecule has 3 aromatic carbocycles. The molecule has 0 heterocycles. The summed E-state index contributed by atoms with van der Waals surface area (Å²) in [5.41, 5.74) is 3.05. The lowest BCUT2D eigenvalue weighted by molar-refractivity contribution is 0.103. The number of ketones is 2. The van der Waals surface area contributed by atoms with E-state index in [1.807, 2.05) is 60.7 Å². The topological polar surface area (TPSA) is 34.1 Å². The Morgan fingerprint density at radius 1 is 0.500 bits per heavy atom. The zero-order chi connectivity index (χ0) is 18.2. The van der Waals surface area contributed by atoms with E-state index in [9.17, 15) is 9.59 Å². The van der Waals surface area contributed by atoms with Crippen molar-refractivity contribution in [3.63, 3.8) is 0 Å². The highest BCUT2D eigenvalue weighted by Gasteiger charge is 2.05. The van der Waals surface area contributed by atoms with E-state index in [-0.39, 0.29) is 11.6 Å². The molecule has 0 saturated carbocycles. The third-order valence-corrected chi connectivity index (χ3v) is 3.91. The highest BCUT2D eigenvalue weighted by molar-refractivity contribution is 6.09. The smallest absolute Gasteiger partial charge is 0.185 e. The second kappa shape index (κ2) is 8.54. The molecule has 0 aromatic heterocycles. The Morgan fingerprint density at radius 3 is 1.19 bits per heavy atom. The largest absolute Gasteiger partial charge is 0.289 e. The maximum Gasteiger partial charge on any atom is 0.185 e. The summed E-state index contributed by atoms with van der Waals surface area (Å²) in [4.78, 5) is 24.4. The summed E-state index contributed by atoms with van der Waals surface area (Å²) in [7, 11) is 0. The highest BCUT2D eigenvalue weighted by Crippen LogP contribution is 2.10. The van der Waals surface area contributed by atoms with Gasteiger partial charge in [-0.05, 0) is 23.3 Å². The molecule has 0 aliphatic carbocycles. The average molecular weight is 338 g/mol. The zero-order valence-electron chi connectivity index (χ0n) is 14.2. The first-order valence-corrected chi connectivity index (χ1v) is 8.37. The van der Waals surface area contributed by atoms with E-state index in [1.165, 1.54) is 0 Å². The van der Waals surface area contributed by atoms with Crippen molar-refractivity contribution in [3.05, 3.63) is 119 Å². The Labute approximate surface area is 153 Å². The zero-order valence-corrected chi connectivity index (χ0v) is 14.2. The summed E-state index contributed by atoms with van der Waals surface area (Å²) in [5.74, 6) is -0.180. The van der Waals surface area contributed by atoms with Crippen molar-refractivity contribution < 1.29 is 9.59 Å². The first-order valence-electron chi connectivity index (χ1n) is 8.37. The highest BCUT2D eigenvalue weighted by atomic mass is 16.1. The van der Waals surface area contributed by atoms with Crippen LogP contribution in [0.4, 0.5) is 0 Å². The van der Waals surface area contributed by atoms with Gasteiger partial charge >= 0.3 is 0 Å². The van der Waals surface area contributed by atoms with E-state index in [2.05, 4.69) is 0 Å². The molecule has 0 fully saturated rings. The van der Waals surface area contributed by atoms with Gasteiger partial charge in [0.05, 0.1) is 0 Å². The first kappa shape index (κ1) is 17.3. The predicted octanol–water partition coefficient (Wildman–Crippen LogP) is 5.48. The van der Waals surface area contributed by atoms with Gasteiger partial charge in [-0.3, -0.25) is 9.59 Å². The van der Waals surface area contributed by atoms with Crippen LogP contribution in [0.5, 0.6) is 0 Å². The van der Waals surface area contributed by atoms with Gasteiger partial charge in [-0.2, -0.15) is 0 Å². The van der Waals surface area contributed by atoms with E-state index < -0.39 is 0 Å². The lowest BCUT2D eigenvalue weighted by Gasteiger charge is -1.99. The summed E-state index contributed by atoms with van der Waals surface area (Å²) >= 11 is 0. The monoisotopic (exact) mass is 338 g/mol. The molecule has 0 unspecified atom stereocenters. The van der Waals surface area contributed by atoms with Gasteiger partial charge in [0.25, 0.3) is 0 Å². The molecule has 0 aliphatic rings. The van der Waals surface area contributed by atoms with Crippen molar-refractivity contribution in [2.75, 3.05) is 0 Å². The number of carbonyl (C=O) groups excluding carboxylic acids is 2. The van der Waals surface area contributed by atoms with Gasteiger partial charge in [0, 0.05) is 11.1 Å². The number of allylic oxidation sites excluding steroid dienone is 2. The van der Waals surface area contributed by atoms with Crippen LogP contribution in [0.25, 0.3) is 12.2 Å². The summed E-state index contributed by atoms with van der Waals surface area (Å²) in [5, 5.41) is 0. The van der Waals surface area contributed by atoms with E-state index in [1.54, 1.807) is 48.6 Å². The fourth-order valence-electron chi connectivity index (χ4n) is 2.46. The van der Waals surface area contributed by atoms with Crippen molar-refractivity contribution in [1.82, 2.24) is 0 Å². The lowest BCUT2D eigenvalue weighted by Crippen LogP contribution is -1.98. The normalized spacial score (nSPS) is 11.1. The van der Waals surface area contributed by atoms with Crippen molar-refractivity contribution >= 4 is 23.7 Å². The molecule has 0 bridgehead atoms. The van der Waals surface area contributed by atoms with E-state index in [0.29, 0.717) is 11.1 Å². The van der Waals surface area contributed by atoms with Crippen LogP contribution in [0.3, 0.4) is 0 Å². The molecule has 0 amide bonds. The quantitative estimate of drug-likeness (QED) is 0.440. The Hall–Kier alpha value is -3.52. The van der Waals surface area contributed by atoms with Gasteiger partial charge < -0.3 is 0 Å².